The molecule has 0 amide bonds. The molecule has 19 heavy (non-hydrogen) atoms. The average Bonchev–Trinajstić information content (AvgIpc) is 3.02. The Morgan fingerprint density at radius 2 is 2.16 bits per heavy atom. The third kappa shape index (κ3) is 2.95. The quantitative estimate of drug-likeness (QED) is 0.555. The van der Waals surface area contributed by atoms with Gasteiger partial charge in [0.25, 0.3) is 0 Å². The zero-order chi connectivity index (χ0) is 13.1. The van der Waals surface area contributed by atoms with Gasteiger partial charge < -0.3 is 9.73 Å². The van der Waals surface area contributed by atoms with Gasteiger partial charge in [0.2, 0.25) is 0 Å². The van der Waals surface area contributed by atoms with Crippen molar-refractivity contribution in [1.29, 1.82) is 0 Å². The van der Waals surface area contributed by atoms with Crippen LogP contribution in [0.3, 0.4) is 0 Å². The van der Waals surface area contributed by atoms with Gasteiger partial charge in [0, 0.05) is 19.2 Å². The van der Waals surface area contributed by atoms with Crippen LogP contribution in [-0.2, 0) is 13.0 Å². The molecule has 0 unspecified atom stereocenters. The minimum Gasteiger partial charge on any atom is -0.454 e. The highest BCUT2D eigenvalue weighted by molar-refractivity contribution is 14.1. The highest BCUT2D eigenvalue weighted by Gasteiger charge is 2.04. The van der Waals surface area contributed by atoms with Crippen LogP contribution in [0.2, 0.25) is 0 Å². The maximum Gasteiger partial charge on any atom is 0.164 e. The molecule has 3 aromatic heterocycles. The van der Waals surface area contributed by atoms with Crippen molar-refractivity contribution in [3.05, 3.63) is 51.9 Å². The van der Waals surface area contributed by atoms with Crippen LogP contribution in [-0.4, -0.2) is 21.1 Å². The van der Waals surface area contributed by atoms with Crippen molar-refractivity contribution in [1.82, 2.24) is 19.9 Å². The number of nitrogens with zero attached hydrogens (tertiary/aromatic N) is 3. The molecule has 3 heterocycles. The third-order valence-electron chi connectivity index (χ3n) is 2.84. The van der Waals surface area contributed by atoms with Crippen molar-refractivity contribution in [2.75, 3.05) is 6.54 Å². The lowest BCUT2D eigenvalue weighted by atomic mass is 10.3. The zero-order valence-corrected chi connectivity index (χ0v) is 12.4. The van der Waals surface area contributed by atoms with E-state index >= 15 is 0 Å². The first-order valence-electron chi connectivity index (χ1n) is 6.06. The van der Waals surface area contributed by atoms with Gasteiger partial charge in [0.15, 0.2) is 9.41 Å². The molecule has 0 aromatic carbocycles. The average molecular weight is 368 g/mol. The number of fused-ring (bicyclic) bond motifs is 1. The monoisotopic (exact) mass is 368 g/mol. The molecule has 0 bridgehead atoms. The van der Waals surface area contributed by atoms with Gasteiger partial charge in [-0.3, -0.25) is 4.40 Å². The standard InChI is InChI=1S/C13H13IN4O/c14-11-5-4-10(19-11)9-15-7-6-13-17-16-12-3-1-2-8-18(12)13/h1-5,8,15H,6-7,9H2. The Labute approximate surface area is 124 Å². The fourth-order valence-corrected chi connectivity index (χ4v) is 2.38. The Balaban J connectivity index is 1.55. The van der Waals surface area contributed by atoms with Crippen LogP contribution in [0.1, 0.15) is 11.6 Å². The number of pyridine rings is 1. The van der Waals surface area contributed by atoms with Gasteiger partial charge >= 0.3 is 0 Å². The van der Waals surface area contributed by atoms with E-state index in [1.54, 1.807) is 0 Å². The number of rotatable bonds is 5. The lowest BCUT2D eigenvalue weighted by molar-refractivity contribution is 0.463. The minimum atomic E-state index is 0.736. The lowest BCUT2D eigenvalue weighted by Gasteiger charge is -2.02. The molecule has 0 saturated carbocycles. The van der Waals surface area contributed by atoms with E-state index in [0.717, 1.165) is 40.5 Å². The normalized spacial score (nSPS) is 11.2. The molecule has 0 spiro atoms. The molecular formula is C13H13IN4O. The molecule has 1 N–H and O–H groups in total. The topological polar surface area (TPSA) is 55.4 Å². The Bertz CT molecular complexity index is 676. The van der Waals surface area contributed by atoms with Crippen LogP contribution in [0.4, 0.5) is 0 Å². The molecule has 0 fully saturated rings. The Hall–Kier alpha value is -1.41. The molecular weight excluding hydrogens is 355 g/mol. The molecule has 5 nitrogen and oxygen atoms in total. The predicted molar refractivity (Wildman–Crippen MR) is 79.8 cm³/mol. The Morgan fingerprint density at radius 3 is 3.00 bits per heavy atom. The number of halogens is 1. The third-order valence-corrected chi connectivity index (χ3v) is 3.42. The Kier molecular flexibility index (Phi) is 3.79. The summed E-state index contributed by atoms with van der Waals surface area (Å²) in [5.41, 5.74) is 0.887. The molecule has 3 rings (SSSR count). The van der Waals surface area contributed by atoms with Crippen molar-refractivity contribution in [3.8, 4) is 0 Å². The second-order valence-corrected chi connectivity index (χ2v) is 5.24. The van der Waals surface area contributed by atoms with E-state index in [1.165, 1.54) is 0 Å². The summed E-state index contributed by atoms with van der Waals surface area (Å²) >= 11 is 2.16. The van der Waals surface area contributed by atoms with Crippen molar-refractivity contribution in [2.45, 2.75) is 13.0 Å². The predicted octanol–water partition coefficient (Wildman–Crippen LogP) is 2.26. The maximum absolute atomic E-state index is 5.48. The van der Waals surface area contributed by atoms with Crippen LogP contribution < -0.4 is 5.32 Å². The summed E-state index contributed by atoms with van der Waals surface area (Å²) in [6, 6.07) is 9.85. The van der Waals surface area contributed by atoms with Gasteiger partial charge in [0.05, 0.1) is 6.54 Å². The number of nitrogens with one attached hydrogen (secondary N) is 1. The van der Waals surface area contributed by atoms with Gasteiger partial charge in [-0.1, -0.05) is 6.07 Å². The molecule has 0 atom stereocenters. The molecule has 3 aromatic rings. The van der Waals surface area contributed by atoms with E-state index in [9.17, 15) is 0 Å². The summed E-state index contributed by atoms with van der Waals surface area (Å²) in [4.78, 5) is 0. The van der Waals surface area contributed by atoms with Gasteiger partial charge in [0.1, 0.15) is 11.6 Å². The first-order chi connectivity index (χ1) is 9.33. The van der Waals surface area contributed by atoms with Crippen LogP contribution in [0.15, 0.2) is 40.9 Å². The molecule has 0 aliphatic carbocycles. The van der Waals surface area contributed by atoms with Crippen molar-refractivity contribution < 1.29 is 4.42 Å². The fraction of sp³-hybridized carbons (Fsp3) is 0.231. The number of aromatic nitrogens is 3. The summed E-state index contributed by atoms with van der Waals surface area (Å²) in [6.07, 6.45) is 2.82. The summed E-state index contributed by atoms with van der Waals surface area (Å²) in [6.45, 7) is 1.58. The number of hydrogen-bond donors (Lipinski definition) is 1. The fourth-order valence-electron chi connectivity index (χ4n) is 1.92. The van der Waals surface area contributed by atoms with Gasteiger partial charge in [-0.15, -0.1) is 10.2 Å². The van der Waals surface area contributed by atoms with Crippen LogP contribution in [0.25, 0.3) is 5.65 Å². The second-order valence-electron chi connectivity index (χ2n) is 4.18. The maximum atomic E-state index is 5.48. The van der Waals surface area contributed by atoms with E-state index in [1.807, 2.05) is 40.9 Å². The molecule has 0 radical (unpaired) electrons. The smallest absolute Gasteiger partial charge is 0.164 e. The summed E-state index contributed by atoms with van der Waals surface area (Å²) in [7, 11) is 0. The number of hydrogen-bond acceptors (Lipinski definition) is 4. The molecule has 0 aliphatic rings. The second kappa shape index (κ2) is 5.70. The van der Waals surface area contributed by atoms with Gasteiger partial charge in [-0.25, -0.2) is 0 Å². The van der Waals surface area contributed by atoms with E-state index in [2.05, 4.69) is 38.1 Å². The van der Waals surface area contributed by atoms with Gasteiger partial charge in [-0.2, -0.15) is 0 Å². The van der Waals surface area contributed by atoms with E-state index in [0.29, 0.717) is 0 Å². The van der Waals surface area contributed by atoms with Crippen molar-refractivity contribution in [2.24, 2.45) is 0 Å². The summed E-state index contributed by atoms with van der Waals surface area (Å²) in [5, 5.41) is 11.7. The highest BCUT2D eigenvalue weighted by atomic mass is 127. The van der Waals surface area contributed by atoms with Gasteiger partial charge in [-0.05, 0) is 46.9 Å². The SMILES string of the molecule is Ic1ccc(CNCCc2nnc3ccccn23)o1. The van der Waals surface area contributed by atoms with Crippen LogP contribution >= 0.6 is 22.6 Å². The highest BCUT2D eigenvalue weighted by Crippen LogP contribution is 2.09. The zero-order valence-electron chi connectivity index (χ0n) is 10.2. The first kappa shape index (κ1) is 12.6. The summed E-state index contributed by atoms with van der Waals surface area (Å²) in [5.74, 6) is 1.92. The van der Waals surface area contributed by atoms with Crippen molar-refractivity contribution >= 4 is 28.2 Å². The molecule has 0 saturated heterocycles. The lowest BCUT2D eigenvalue weighted by Crippen LogP contribution is -2.17. The molecule has 98 valence electrons. The summed E-state index contributed by atoms with van der Waals surface area (Å²) < 4.78 is 8.41. The van der Waals surface area contributed by atoms with E-state index in [4.69, 9.17) is 4.42 Å². The molecule has 6 heteroatoms. The molecule has 0 aliphatic heterocycles. The largest absolute Gasteiger partial charge is 0.454 e. The van der Waals surface area contributed by atoms with Crippen LogP contribution in [0, 0.1) is 3.77 Å². The minimum absolute atomic E-state index is 0.736. The van der Waals surface area contributed by atoms with E-state index < -0.39 is 0 Å². The van der Waals surface area contributed by atoms with Crippen molar-refractivity contribution in [3.63, 3.8) is 0 Å². The van der Waals surface area contributed by atoms with Crippen LogP contribution in [0.5, 0.6) is 0 Å². The van der Waals surface area contributed by atoms with E-state index in [-0.39, 0.29) is 0 Å². The first-order valence-corrected chi connectivity index (χ1v) is 7.14. The number of furan rings is 1. The Morgan fingerprint density at radius 1 is 1.21 bits per heavy atom.